The fourth-order valence-corrected chi connectivity index (χ4v) is 3.43. The van der Waals surface area contributed by atoms with E-state index in [0.717, 1.165) is 30.6 Å². The van der Waals surface area contributed by atoms with Gasteiger partial charge in [0.25, 0.3) is 0 Å². The van der Waals surface area contributed by atoms with Gasteiger partial charge in [0.05, 0.1) is 0 Å². The van der Waals surface area contributed by atoms with Crippen LogP contribution in [-0.4, -0.2) is 28.2 Å². The lowest BCUT2D eigenvalue weighted by atomic mass is 9.86. The fraction of sp³-hybridized carbons (Fsp3) is 0.625. The van der Waals surface area contributed by atoms with Gasteiger partial charge in [-0.2, -0.15) is 0 Å². The summed E-state index contributed by atoms with van der Waals surface area (Å²) in [6, 6.07) is 8.89. The Hall–Kier alpha value is -0.710. The van der Waals surface area contributed by atoms with Crippen LogP contribution in [0.3, 0.4) is 0 Å². The summed E-state index contributed by atoms with van der Waals surface area (Å²) in [5.41, 5.74) is 1.24. The van der Waals surface area contributed by atoms with E-state index < -0.39 is 10.8 Å². The Bertz CT molecular complexity index is 438. The highest BCUT2D eigenvalue weighted by molar-refractivity contribution is 7.84. The highest BCUT2D eigenvalue weighted by Gasteiger charge is 2.21. The topological polar surface area (TPSA) is 49.3 Å². The molecule has 0 spiro atoms. The molecule has 3 nitrogen and oxygen atoms in total. The fourth-order valence-electron chi connectivity index (χ4n) is 2.91. The first-order valence-electron chi connectivity index (χ1n) is 7.40. The van der Waals surface area contributed by atoms with Gasteiger partial charge in [0.15, 0.2) is 0 Å². The van der Waals surface area contributed by atoms with E-state index in [9.17, 15) is 4.21 Å². The van der Waals surface area contributed by atoms with E-state index >= 15 is 0 Å². The lowest BCUT2D eigenvalue weighted by molar-refractivity contribution is 0.172. The van der Waals surface area contributed by atoms with E-state index in [1.54, 1.807) is 6.26 Å². The van der Waals surface area contributed by atoms with Gasteiger partial charge in [0, 0.05) is 40.6 Å². The van der Waals surface area contributed by atoms with Crippen molar-refractivity contribution in [1.82, 2.24) is 5.32 Å². The summed E-state index contributed by atoms with van der Waals surface area (Å²) in [6.07, 6.45) is 6.23. The normalized spacial score (nSPS) is 26.1. The van der Waals surface area contributed by atoms with Crippen LogP contribution >= 0.6 is 0 Å². The van der Waals surface area contributed by atoms with Gasteiger partial charge in [0.1, 0.15) is 0 Å². The zero-order valence-corrected chi connectivity index (χ0v) is 13.2. The summed E-state index contributed by atoms with van der Waals surface area (Å²) in [4.78, 5) is 0.879. The Balaban J connectivity index is 1.88. The van der Waals surface area contributed by atoms with Crippen LogP contribution in [0.5, 0.6) is 0 Å². The maximum Gasteiger partial charge on any atom is 0.0498 e. The van der Waals surface area contributed by atoms with Gasteiger partial charge in [0.2, 0.25) is 0 Å². The second-order valence-electron chi connectivity index (χ2n) is 5.81. The molecule has 1 fully saturated rings. The van der Waals surface area contributed by atoms with Crippen molar-refractivity contribution in [3.63, 3.8) is 0 Å². The number of hydrogen-bond donors (Lipinski definition) is 2. The van der Waals surface area contributed by atoms with Gasteiger partial charge >= 0.3 is 0 Å². The summed E-state index contributed by atoms with van der Waals surface area (Å²) in [5.74, 6) is 0.502. The molecule has 1 aromatic rings. The Morgan fingerprint density at radius 1 is 1.25 bits per heavy atom. The summed E-state index contributed by atoms with van der Waals surface area (Å²) >= 11 is 0. The smallest absolute Gasteiger partial charge is 0.0498 e. The molecule has 0 heterocycles. The molecule has 0 amide bonds. The predicted molar refractivity (Wildman–Crippen MR) is 83.2 cm³/mol. The molecule has 0 aliphatic heterocycles. The number of nitrogens with one attached hydrogen (secondary N) is 1. The van der Waals surface area contributed by atoms with Crippen LogP contribution in [0, 0.1) is 5.92 Å². The standard InChI is InChI=1S/C16H25NO2S/c1-12(14-5-9-16(10-6-14)20(2)19)17-15-7-3-13(11-18)4-8-15/h5-6,9-10,12-13,15,17-18H,3-4,7-8,11H2,1-2H3. The van der Waals surface area contributed by atoms with Crippen molar-refractivity contribution in [3.8, 4) is 0 Å². The van der Waals surface area contributed by atoms with Crippen LogP contribution < -0.4 is 5.32 Å². The van der Waals surface area contributed by atoms with Gasteiger partial charge in [-0.1, -0.05) is 12.1 Å². The number of rotatable bonds is 5. The molecule has 2 unspecified atom stereocenters. The van der Waals surface area contributed by atoms with Crippen molar-refractivity contribution in [2.45, 2.75) is 49.6 Å². The molecular weight excluding hydrogens is 270 g/mol. The van der Waals surface area contributed by atoms with E-state index in [-0.39, 0.29) is 0 Å². The van der Waals surface area contributed by atoms with Crippen LogP contribution in [-0.2, 0) is 10.8 Å². The minimum atomic E-state index is -0.906. The third-order valence-electron chi connectivity index (χ3n) is 4.30. The molecule has 0 bridgehead atoms. The molecule has 1 saturated carbocycles. The third kappa shape index (κ3) is 4.14. The molecule has 20 heavy (non-hydrogen) atoms. The summed E-state index contributed by atoms with van der Waals surface area (Å²) in [5, 5.41) is 12.8. The molecule has 1 aromatic carbocycles. The Labute approximate surface area is 124 Å². The van der Waals surface area contributed by atoms with E-state index in [1.807, 2.05) is 12.1 Å². The number of hydrogen-bond acceptors (Lipinski definition) is 3. The second kappa shape index (κ2) is 7.34. The highest BCUT2D eigenvalue weighted by atomic mass is 32.2. The van der Waals surface area contributed by atoms with Crippen molar-refractivity contribution in [2.24, 2.45) is 5.92 Å². The SMILES string of the molecule is CC(NC1CCC(CO)CC1)c1ccc(S(C)=O)cc1. The van der Waals surface area contributed by atoms with Gasteiger partial charge in [-0.3, -0.25) is 4.21 Å². The Kier molecular flexibility index (Phi) is 5.75. The average molecular weight is 295 g/mol. The minimum absolute atomic E-state index is 0.310. The van der Waals surface area contributed by atoms with Crippen molar-refractivity contribution < 1.29 is 9.32 Å². The zero-order chi connectivity index (χ0) is 14.5. The summed E-state index contributed by atoms with van der Waals surface area (Å²) in [6.45, 7) is 2.51. The van der Waals surface area contributed by atoms with E-state index in [4.69, 9.17) is 5.11 Å². The predicted octanol–water partition coefficient (Wildman–Crippen LogP) is 2.63. The molecule has 0 radical (unpaired) electrons. The van der Waals surface area contributed by atoms with E-state index in [0.29, 0.717) is 24.6 Å². The quantitative estimate of drug-likeness (QED) is 0.878. The molecule has 1 aliphatic carbocycles. The van der Waals surface area contributed by atoms with Crippen LogP contribution in [0.2, 0.25) is 0 Å². The van der Waals surface area contributed by atoms with E-state index in [1.165, 1.54) is 5.56 Å². The molecule has 0 aromatic heterocycles. The van der Waals surface area contributed by atoms with Crippen LogP contribution in [0.15, 0.2) is 29.2 Å². The van der Waals surface area contributed by atoms with Crippen molar-refractivity contribution in [3.05, 3.63) is 29.8 Å². The van der Waals surface area contributed by atoms with Gasteiger partial charge in [-0.15, -0.1) is 0 Å². The lowest BCUT2D eigenvalue weighted by Crippen LogP contribution is -2.35. The lowest BCUT2D eigenvalue weighted by Gasteiger charge is -2.30. The highest BCUT2D eigenvalue weighted by Crippen LogP contribution is 2.26. The molecule has 2 atom stereocenters. The number of aliphatic hydroxyl groups is 1. The van der Waals surface area contributed by atoms with Crippen molar-refractivity contribution >= 4 is 10.8 Å². The first-order chi connectivity index (χ1) is 9.60. The Morgan fingerprint density at radius 3 is 2.35 bits per heavy atom. The van der Waals surface area contributed by atoms with Crippen LogP contribution in [0.4, 0.5) is 0 Å². The van der Waals surface area contributed by atoms with Gasteiger partial charge in [-0.25, -0.2) is 0 Å². The van der Waals surface area contributed by atoms with Crippen LogP contribution in [0.25, 0.3) is 0 Å². The summed E-state index contributed by atoms with van der Waals surface area (Å²) in [7, 11) is -0.906. The zero-order valence-electron chi connectivity index (χ0n) is 12.3. The molecule has 2 N–H and O–H groups in total. The second-order valence-corrected chi connectivity index (χ2v) is 7.19. The molecule has 4 heteroatoms. The first kappa shape index (κ1) is 15.7. The van der Waals surface area contributed by atoms with Crippen molar-refractivity contribution in [2.75, 3.05) is 12.9 Å². The summed E-state index contributed by atoms with van der Waals surface area (Å²) < 4.78 is 11.4. The maximum atomic E-state index is 11.4. The molecule has 1 aliphatic rings. The maximum absolute atomic E-state index is 11.4. The molecule has 112 valence electrons. The molecule has 2 rings (SSSR count). The monoisotopic (exact) mass is 295 g/mol. The largest absolute Gasteiger partial charge is 0.396 e. The first-order valence-corrected chi connectivity index (χ1v) is 8.96. The van der Waals surface area contributed by atoms with Gasteiger partial charge < -0.3 is 10.4 Å². The number of aliphatic hydroxyl groups excluding tert-OH is 1. The van der Waals surface area contributed by atoms with Gasteiger partial charge in [-0.05, 0) is 56.2 Å². The third-order valence-corrected chi connectivity index (χ3v) is 5.24. The number of benzene rings is 1. The average Bonchev–Trinajstić information content (AvgIpc) is 2.48. The van der Waals surface area contributed by atoms with Crippen molar-refractivity contribution in [1.29, 1.82) is 0 Å². The minimum Gasteiger partial charge on any atom is -0.396 e. The molecular formula is C16H25NO2S. The van der Waals surface area contributed by atoms with Crippen LogP contribution in [0.1, 0.15) is 44.2 Å². The van der Waals surface area contributed by atoms with E-state index in [2.05, 4.69) is 24.4 Å². The Morgan fingerprint density at radius 2 is 1.85 bits per heavy atom. The molecule has 0 saturated heterocycles.